The number of carbonyl (C=O) groups is 2. The van der Waals surface area contributed by atoms with Crippen molar-refractivity contribution < 1.29 is 14.3 Å². The number of esters is 1. The quantitative estimate of drug-likeness (QED) is 0.435. The number of rotatable bonds is 2. The Morgan fingerprint density at radius 3 is 2.74 bits per heavy atom. The van der Waals surface area contributed by atoms with Crippen molar-refractivity contribution >= 4 is 12.3 Å². The van der Waals surface area contributed by atoms with Gasteiger partial charge in [-0.1, -0.05) is 39.3 Å². The minimum Gasteiger partial charge on any atom is -0.457 e. The van der Waals surface area contributed by atoms with E-state index in [2.05, 4.69) is 27.4 Å². The van der Waals surface area contributed by atoms with Crippen LogP contribution in [0.15, 0.2) is 23.8 Å². The van der Waals surface area contributed by atoms with Gasteiger partial charge < -0.3 is 4.74 Å². The molecule has 2 aliphatic carbocycles. The lowest BCUT2D eigenvalue weighted by molar-refractivity contribution is -0.156. The van der Waals surface area contributed by atoms with E-state index in [9.17, 15) is 9.59 Å². The second kappa shape index (κ2) is 5.61. The van der Waals surface area contributed by atoms with Crippen LogP contribution >= 0.6 is 0 Å². The Morgan fingerprint density at radius 2 is 2.04 bits per heavy atom. The van der Waals surface area contributed by atoms with Crippen LogP contribution in [0.1, 0.15) is 59.3 Å². The number of cyclic esters (lactones) is 1. The molecule has 1 heterocycles. The Kier molecular flexibility index (Phi) is 4.02. The van der Waals surface area contributed by atoms with Gasteiger partial charge in [0, 0.05) is 11.5 Å². The third kappa shape index (κ3) is 2.68. The Hall–Kier alpha value is -1.38. The van der Waals surface area contributed by atoms with Gasteiger partial charge in [-0.2, -0.15) is 0 Å². The molecule has 0 aromatic rings. The maximum Gasteiger partial charge on any atom is 0.310 e. The van der Waals surface area contributed by atoms with Crippen molar-refractivity contribution in [3.63, 3.8) is 0 Å². The van der Waals surface area contributed by atoms with Crippen LogP contribution in [0.3, 0.4) is 0 Å². The van der Waals surface area contributed by atoms with Crippen molar-refractivity contribution in [2.75, 3.05) is 0 Å². The Morgan fingerprint density at radius 1 is 1.30 bits per heavy atom. The van der Waals surface area contributed by atoms with Gasteiger partial charge in [-0.3, -0.25) is 9.59 Å². The predicted octanol–water partition coefficient (Wildman–Crippen LogP) is 4.23. The van der Waals surface area contributed by atoms with Crippen LogP contribution in [-0.2, 0) is 14.3 Å². The molecular weight excluding hydrogens is 288 g/mol. The molecule has 2 saturated carbocycles. The average molecular weight is 316 g/mol. The summed E-state index contributed by atoms with van der Waals surface area (Å²) in [5, 5.41) is 0. The molecule has 0 spiro atoms. The molecule has 0 N–H and O–H groups in total. The van der Waals surface area contributed by atoms with Crippen molar-refractivity contribution in [1.29, 1.82) is 0 Å². The molecule has 3 aliphatic rings. The number of hydrogen-bond donors (Lipinski definition) is 0. The summed E-state index contributed by atoms with van der Waals surface area (Å²) in [6.45, 7) is 11.4. The SMILES string of the molecule is C=C1CCC2C(C)(C)CCCC2(C)C1C1C=C(C=O)CC(=O)O1. The molecule has 126 valence electrons. The van der Waals surface area contributed by atoms with E-state index in [1.165, 1.54) is 24.8 Å². The predicted molar refractivity (Wildman–Crippen MR) is 89.7 cm³/mol. The second-order valence-corrected chi connectivity index (χ2v) is 8.57. The van der Waals surface area contributed by atoms with E-state index >= 15 is 0 Å². The molecule has 4 unspecified atom stereocenters. The van der Waals surface area contributed by atoms with E-state index in [-0.39, 0.29) is 29.8 Å². The molecule has 0 aromatic carbocycles. The zero-order valence-electron chi connectivity index (χ0n) is 14.6. The first-order valence-corrected chi connectivity index (χ1v) is 8.81. The van der Waals surface area contributed by atoms with Gasteiger partial charge in [0.1, 0.15) is 12.4 Å². The van der Waals surface area contributed by atoms with Gasteiger partial charge in [-0.05, 0) is 48.5 Å². The first-order chi connectivity index (χ1) is 10.8. The average Bonchev–Trinajstić information content (AvgIpc) is 2.45. The van der Waals surface area contributed by atoms with E-state index in [1.807, 2.05) is 6.08 Å². The minimum atomic E-state index is -0.328. The van der Waals surface area contributed by atoms with Crippen LogP contribution in [0, 0.1) is 22.7 Å². The van der Waals surface area contributed by atoms with Crippen LogP contribution < -0.4 is 0 Å². The molecule has 4 atom stereocenters. The Balaban J connectivity index is 2.00. The Bertz CT molecular complexity index is 571. The standard InChI is InChI=1S/C20H28O3/c1-13-6-7-16-19(2,3)8-5-9-20(16,4)18(13)15-10-14(12-21)11-17(22)23-15/h10,12,15-16,18H,1,5-9,11H2,2-4H3. The molecule has 0 bridgehead atoms. The van der Waals surface area contributed by atoms with Crippen molar-refractivity contribution in [3.8, 4) is 0 Å². The second-order valence-electron chi connectivity index (χ2n) is 8.57. The maximum absolute atomic E-state index is 11.9. The zero-order chi connectivity index (χ0) is 16.8. The molecule has 0 radical (unpaired) electrons. The lowest BCUT2D eigenvalue weighted by Crippen LogP contribution is -2.53. The third-order valence-electron chi connectivity index (χ3n) is 6.65. The minimum absolute atomic E-state index is 0.0872. The van der Waals surface area contributed by atoms with Crippen molar-refractivity contribution in [1.82, 2.24) is 0 Å². The fourth-order valence-corrected chi connectivity index (χ4v) is 5.73. The fraction of sp³-hybridized carbons (Fsp3) is 0.700. The number of fused-ring (bicyclic) bond motifs is 1. The van der Waals surface area contributed by atoms with E-state index in [0.29, 0.717) is 16.9 Å². The molecular formula is C20H28O3. The summed E-state index contributed by atoms with van der Waals surface area (Å²) < 4.78 is 5.68. The van der Waals surface area contributed by atoms with E-state index < -0.39 is 0 Å². The van der Waals surface area contributed by atoms with Crippen molar-refractivity contribution in [3.05, 3.63) is 23.8 Å². The highest BCUT2D eigenvalue weighted by molar-refractivity contribution is 5.86. The third-order valence-corrected chi connectivity index (χ3v) is 6.65. The summed E-state index contributed by atoms with van der Waals surface area (Å²) >= 11 is 0. The van der Waals surface area contributed by atoms with Gasteiger partial charge in [-0.15, -0.1) is 0 Å². The zero-order valence-corrected chi connectivity index (χ0v) is 14.6. The summed E-state index contributed by atoms with van der Waals surface area (Å²) in [6, 6.07) is 0. The number of aldehydes is 1. The largest absolute Gasteiger partial charge is 0.457 e. The first-order valence-electron chi connectivity index (χ1n) is 8.81. The molecule has 3 nitrogen and oxygen atoms in total. The summed E-state index contributed by atoms with van der Waals surface area (Å²) in [5.74, 6) is 0.446. The molecule has 2 fully saturated rings. The van der Waals surface area contributed by atoms with E-state index in [1.54, 1.807) is 0 Å². The van der Waals surface area contributed by atoms with Gasteiger partial charge in [0.25, 0.3) is 0 Å². The van der Waals surface area contributed by atoms with Gasteiger partial charge in [0.15, 0.2) is 0 Å². The highest BCUT2D eigenvalue weighted by atomic mass is 16.5. The summed E-state index contributed by atoms with van der Waals surface area (Å²) in [5.41, 5.74) is 2.13. The van der Waals surface area contributed by atoms with Gasteiger partial charge in [0.2, 0.25) is 0 Å². The molecule has 0 amide bonds. The van der Waals surface area contributed by atoms with Gasteiger partial charge in [0.05, 0.1) is 6.42 Å². The van der Waals surface area contributed by atoms with Crippen LogP contribution in [0.4, 0.5) is 0 Å². The smallest absolute Gasteiger partial charge is 0.310 e. The molecule has 1 aliphatic heterocycles. The van der Waals surface area contributed by atoms with Gasteiger partial charge in [-0.25, -0.2) is 0 Å². The van der Waals surface area contributed by atoms with Gasteiger partial charge >= 0.3 is 5.97 Å². The number of ether oxygens (including phenoxy) is 1. The lowest BCUT2D eigenvalue weighted by Gasteiger charge is -2.59. The van der Waals surface area contributed by atoms with Crippen LogP contribution in [-0.4, -0.2) is 18.4 Å². The topological polar surface area (TPSA) is 43.4 Å². The normalized spacial score (nSPS) is 40.0. The van der Waals surface area contributed by atoms with Crippen LogP contribution in [0.25, 0.3) is 0 Å². The van der Waals surface area contributed by atoms with Crippen molar-refractivity contribution in [2.45, 2.75) is 65.4 Å². The molecule has 0 aromatic heterocycles. The summed E-state index contributed by atoms with van der Waals surface area (Å²) in [4.78, 5) is 23.1. The number of hydrogen-bond acceptors (Lipinski definition) is 3. The Labute approximate surface area is 139 Å². The number of carbonyl (C=O) groups excluding carboxylic acids is 2. The first kappa shape index (κ1) is 16.5. The summed E-state index contributed by atoms with van der Waals surface area (Å²) in [6.07, 6.45) is 8.21. The lowest BCUT2D eigenvalue weighted by atomic mass is 9.47. The molecule has 3 rings (SSSR count). The molecule has 23 heavy (non-hydrogen) atoms. The molecule has 3 heteroatoms. The fourth-order valence-electron chi connectivity index (χ4n) is 5.73. The van der Waals surface area contributed by atoms with Crippen LogP contribution in [0.5, 0.6) is 0 Å². The monoisotopic (exact) mass is 316 g/mol. The van der Waals surface area contributed by atoms with Crippen molar-refractivity contribution in [2.24, 2.45) is 22.7 Å². The summed E-state index contributed by atoms with van der Waals surface area (Å²) in [7, 11) is 0. The van der Waals surface area contributed by atoms with Crippen LogP contribution in [0.2, 0.25) is 0 Å². The maximum atomic E-state index is 11.9. The van der Waals surface area contributed by atoms with E-state index in [4.69, 9.17) is 4.74 Å². The van der Waals surface area contributed by atoms with E-state index in [0.717, 1.165) is 19.1 Å². The highest BCUT2D eigenvalue weighted by Crippen LogP contribution is 2.62. The molecule has 0 saturated heterocycles. The highest BCUT2D eigenvalue weighted by Gasteiger charge is 2.55.